The molecule has 0 N–H and O–H groups in total. The van der Waals surface area contributed by atoms with E-state index in [9.17, 15) is 9.59 Å². The minimum Gasteiger partial charge on any atom is -0.466 e. The van der Waals surface area contributed by atoms with Crippen molar-refractivity contribution in [2.24, 2.45) is 11.8 Å². The molecule has 0 saturated heterocycles. The van der Waals surface area contributed by atoms with E-state index in [4.69, 9.17) is 9.84 Å². The molecule has 0 atom stereocenters. The molecule has 2 aliphatic rings. The molecule has 0 bridgehead atoms. The zero-order chi connectivity index (χ0) is 22.7. The van der Waals surface area contributed by atoms with Crippen molar-refractivity contribution in [2.45, 2.75) is 72.4 Å². The van der Waals surface area contributed by atoms with E-state index < -0.39 is 0 Å². The number of hydrogen-bond acceptors (Lipinski definition) is 4. The summed E-state index contributed by atoms with van der Waals surface area (Å²) in [5, 5.41) is 4.79. The Labute approximate surface area is 190 Å². The van der Waals surface area contributed by atoms with Crippen molar-refractivity contribution in [3.05, 3.63) is 52.3 Å². The monoisotopic (exact) mass is 437 g/mol. The van der Waals surface area contributed by atoms with Crippen LogP contribution in [-0.2, 0) is 33.8 Å². The van der Waals surface area contributed by atoms with E-state index in [0.717, 1.165) is 50.9 Å². The fourth-order valence-electron chi connectivity index (χ4n) is 5.12. The quantitative estimate of drug-likeness (QED) is 0.636. The average molecular weight is 438 g/mol. The summed E-state index contributed by atoms with van der Waals surface area (Å²) >= 11 is 0. The summed E-state index contributed by atoms with van der Waals surface area (Å²) < 4.78 is 7.25. The van der Waals surface area contributed by atoms with Crippen molar-refractivity contribution in [3.63, 3.8) is 0 Å². The number of amides is 1. The second-order valence-corrected chi connectivity index (χ2v) is 9.39. The highest BCUT2D eigenvalue weighted by atomic mass is 16.5. The number of carbonyl (C=O) groups excluding carboxylic acids is 2. The van der Waals surface area contributed by atoms with Crippen molar-refractivity contribution in [1.29, 1.82) is 0 Å². The summed E-state index contributed by atoms with van der Waals surface area (Å²) in [6, 6.07) is 8.56. The number of fused-ring (bicyclic) bond motifs is 1. The van der Waals surface area contributed by atoms with Gasteiger partial charge in [0.1, 0.15) is 0 Å². The van der Waals surface area contributed by atoms with Crippen molar-refractivity contribution in [2.75, 3.05) is 13.2 Å². The molecule has 1 amide bonds. The largest absolute Gasteiger partial charge is 0.466 e. The molecule has 2 heterocycles. The Morgan fingerprint density at radius 1 is 1.09 bits per heavy atom. The average Bonchev–Trinajstić information content (AvgIpc) is 3.10. The van der Waals surface area contributed by atoms with Crippen molar-refractivity contribution in [3.8, 4) is 0 Å². The van der Waals surface area contributed by atoms with Crippen LogP contribution in [0.5, 0.6) is 0 Å². The molecule has 32 heavy (non-hydrogen) atoms. The maximum Gasteiger partial charge on any atom is 0.308 e. The Kier molecular flexibility index (Phi) is 6.97. The molecule has 2 aromatic rings. The lowest BCUT2D eigenvalue weighted by Gasteiger charge is -2.31. The maximum absolute atomic E-state index is 13.1. The molecule has 172 valence electrons. The Hall–Kier alpha value is -2.63. The van der Waals surface area contributed by atoms with Gasteiger partial charge in [-0.25, -0.2) is 0 Å². The molecule has 1 aliphatic heterocycles. The molecule has 1 aliphatic carbocycles. The number of ether oxygens (including phenoxy) is 1. The van der Waals surface area contributed by atoms with E-state index in [1.165, 1.54) is 22.4 Å². The lowest BCUT2D eigenvalue weighted by Crippen LogP contribution is -2.38. The smallest absolute Gasteiger partial charge is 0.308 e. The number of rotatable bonds is 6. The van der Waals surface area contributed by atoms with Crippen LogP contribution >= 0.6 is 0 Å². The molecule has 1 saturated carbocycles. The number of aromatic nitrogens is 2. The molecule has 0 unspecified atom stereocenters. The second-order valence-electron chi connectivity index (χ2n) is 9.39. The van der Waals surface area contributed by atoms with Crippen LogP contribution < -0.4 is 0 Å². The first-order valence-corrected chi connectivity index (χ1v) is 12.0. The van der Waals surface area contributed by atoms with Gasteiger partial charge in [0.05, 0.1) is 37.0 Å². The Balaban J connectivity index is 1.36. The molecule has 4 rings (SSSR count). The summed E-state index contributed by atoms with van der Waals surface area (Å²) in [7, 11) is 0. The van der Waals surface area contributed by atoms with E-state index in [-0.39, 0.29) is 17.8 Å². The van der Waals surface area contributed by atoms with Gasteiger partial charge in [0.15, 0.2) is 0 Å². The number of hydrogen-bond donors (Lipinski definition) is 0. The van der Waals surface area contributed by atoms with Gasteiger partial charge < -0.3 is 9.64 Å². The van der Waals surface area contributed by atoms with E-state index in [0.29, 0.717) is 25.5 Å². The number of benzene rings is 1. The second kappa shape index (κ2) is 9.88. The lowest BCUT2D eigenvalue weighted by atomic mass is 9.80. The SMILES string of the molecule is CCOC(=O)C1CCC(CC(=O)N2CCc3c(C)nn(Cc4ccc(C)cc4)c3C2)CC1. The van der Waals surface area contributed by atoms with E-state index in [1.54, 1.807) is 0 Å². The highest BCUT2D eigenvalue weighted by Gasteiger charge is 2.31. The van der Waals surface area contributed by atoms with Crippen LogP contribution in [-0.4, -0.2) is 39.7 Å². The summed E-state index contributed by atoms with van der Waals surface area (Å²) in [5.74, 6) is 0.542. The maximum atomic E-state index is 13.1. The van der Waals surface area contributed by atoms with Crippen molar-refractivity contribution in [1.82, 2.24) is 14.7 Å². The minimum absolute atomic E-state index is 0.0120. The first kappa shape index (κ1) is 22.6. The molecule has 1 fully saturated rings. The summed E-state index contributed by atoms with van der Waals surface area (Å²) in [6.07, 6.45) is 4.98. The molecular formula is C26H35N3O3. The Morgan fingerprint density at radius 2 is 1.81 bits per heavy atom. The number of carbonyl (C=O) groups is 2. The van der Waals surface area contributed by atoms with Gasteiger partial charge in [-0.05, 0) is 69.9 Å². The van der Waals surface area contributed by atoms with Gasteiger partial charge in [-0.1, -0.05) is 29.8 Å². The van der Waals surface area contributed by atoms with E-state index >= 15 is 0 Å². The standard InChI is InChI=1S/C26H35N3O3/c1-4-32-26(31)22-11-9-20(10-12-22)15-25(30)28-14-13-23-19(3)27-29(24(23)17-28)16-21-7-5-18(2)6-8-21/h5-8,20,22H,4,9-17H2,1-3H3. The molecule has 6 nitrogen and oxygen atoms in total. The van der Waals surface area contributed by atoms with Crippen LogP contribution in [0.25, 0.3) is 0 Å². The highest BCUT2D eigenvalue weighted by Crippen LogP contribution is 2.33. The van der Waals surface area contributed by atoms with Gasteiger partial charge in [-0.3, -0.25) is 14.3 Å². The Bertz CT molecular complexity index is 955. The number of esters is 1. The van der Waals surface area contributed by atoms with Gasteiger partial charge in [-0.15, -0.1) is 0 Å². The zero-order valence-electron chi connectivity index (χ0n) is 19.6. The van der Waals surface area contributed by atoms with E-state index in [1.807, 2.05) is 11.8 Å². The third-order valence-corrected chi connectivity index (χ3v) is 7.08. The van der Waals surface area contributed by atoms with Crippen LogP contribution in [0.3, 0.4) is 0 Å². The number of aryl methyl sites for hydroxylation is 2. The molecule has 1 aromatic carbocycles. The fourth-order valence-corrected chi connectivity index (χ4v) is 5.12. The molecule has 1 aromatic heterocycles. The first-order chi connectivity index (χ1) is 15.4. The summed E-state index contributed by atoms with van der Waals surface area (Å²) in [4.78, 5) is 27.1. The summed E-state index contributed by atoms with van der Waals surface area (Å²) in [6.45, 7) is 8.59. The van der Waals surface area contributed by atoms with Crippen LogP contribution in [0.15, 0.2) is 24.3 Å². The summed E-state index contributed by atoms with van der Waals surface area (Å²) in [5.41, 5.74) is 6.03. The van der Waals surface area contributed by atoms with Crippen LogP contribution in [0.4, 0.5) is 0 Å². The van der Waals surface area contributed by atoms with Crippen LogP contribution in [0.2, 0.25) is 0 Å². The van der Waals surface area contributed by atoms with Crippen molar-refractivity contribution >= 4 is 11.9 Å². The van der Waals surface area contributed by atoms with Gasteiger partial charge in [0.25, 0.3) is 0 Å². The molecule has 0 radical (unpaired) electrons. The zero-order valence-corrected chi connectivity index (χ0v) is 19.6. The predicted octanol–water partition coefficient (Wildman–Crippen LogP) is 4.19. The van der Waals surface area contributed by atoms with Gasteiger partial charge >= 0.3 is 5.97 Å². The Morgan fingerprint density at radius 3 is 2.50 bits per heavy atom. The first-order valence-electron chi connectivity index (χ1n) is 12.0. The molecular weight excluding hydrogens is 402 g/mol. The lowest BCUT2D eigenvalue weighted by molar-refractivity contribution is -0.149. The minimum atomic E-state index is -0.0713. The van der Waals surface area contributed by atoms with Crippen molar-refractivity contribution < 1.29 is 14.3 Å². The molecule has 6 heteroatoms. The van der Waals surface area contributed by atoms with Gasteiger partial charge in [0.2, 0.25) is 5.91 Å². The highest BCUT2D eigenvalue weighted by molar-refractivity contribution is 5.77. The fraction of sp³-hybridized carbons (Fsp3) is 0.577. The van der Waals surface area contributed by atoms with Crippen LogP contribution in [0.1, 0.15) is 67.1 Å². The van der Waals surface area contributed by atoms with Crippen LogP contribution in [0, 0.1) is 25.7 Å². The van der Waals surface area contributed by atoms with E-state index in [2.05, 4.69) is 42.8 Å². The van der Waals surface area contributed by atoms with Gasteiger partial charge in [0, 0.05) is 13.0 Å². The normalized spacial score (nSPS) is 20.7. The number of nitrogens with zero attached hydrogens (tertiary/aromatic N) is 3. The third kappa shape index (κ3) is 5.05. The topological polar surface area (TPSA) is 64.4 Å². The molecule has 0 spiro atoms. The van der Waals surface area contributed by atoms with Gasteiger partial charge in [-0.2, -0.15) is 5.10 Å². The predicted molar refractivity (Wildman–Crippen MR) is 123 cm³/mol. The third-order valence-electron chi connectivity index (χ3n) is 7.08.